The summed E-state index contributed by atoms with van der Waals surface area (Å²) >= 11 is 0. The minimum Gasteiger partial charge on any atom is -0.504 e. The molecule has 0 saturated heterocycles. The molecule has 0 aliphatic heterocycles. The third kappa shape index (κ3) is 4.19. The molecule has 0 aliphatic rings. The van der Waals surface area contributed by atoms with Crippen molar-refractivity contribution in [3.8, 4) is 5.75 Å². The highest BCUT2D eigenvalue weighted by molar-refractivity contribution is 5.40. The number of rotatable bonds is 10. The first-order chi connectivity index (χ1) is 9.13. The van der Waals surface area contributed by atoms with Crippen molar-refractivity contribution in [2.45, 2.75) is 77.6 Å². The van der Waals surface area contributed by atoms with Crippen LogP contribution >= 0.6 is 0 Å². The molecule has 0 amide bonds. The fourth-order valence-corrected chi connectivity index (χ4v) is 2.65. The second-order valence-corrected chi connectivity index (χ2v) is 5.46. The molecule has 0 heterocycles. The minimum absolute atomic E-state index is 0.0896. The van der Waals surface area contributed by atoms with Crippen molar-refractivity contribution in [3.05, 3.63) is 26.0 Å². The summed E-state index contributed by atoms with van der Waals surface area (Å²) in [5.74, 6) is -0.175. The molecule has 1 aromatic rings. The standard InChI is InChI=1S/C16H26O3/c1-3-5-7-8-9-11-12(10-6-4-2)13-14(17)16(19)15(13)18/h12,17H,3-11H2,1-2H3. The molecule has 0 aliphatic carbocycles. The first-order valence-electron chi connectivity index (χ1n) is 7.65. The van der Waals surface area contributed by atoms with E-state index in [4.69, 9.17) is 0 Å². The van der Waals surface area contributed by atoms with Gasteiger partial charge in [-0.1, -0.05) is 58.8 Å². The maximum Gasteiger partial charge on any atom is 0.267 e. The van der Waals surface area contributed by atoms with Crippen molar-refractivity contribution >= 4 is 0 Å². The van der Waals surface area contributed by atoms with E-state index in [1.165, 1.54) is 25.7 Å². The molecular formula is C16H26O3. The second-order valence-electron chi connectivity index (χ2n) is 5.46. The molecule has 3 heteroatoms. The molecule has 108 valence electrons. The Bertz CT molecular complexity index is 441. The van der Waals surface area contributed by atoms with Crippen LogP contribution in [0.1, 0.15) is 83.1 Å². The van der Waals surface area contributed by atoms with Gasteiger partial charge in [-0.3, -0.25) is 9.59 Å². The quantitative estimate of drug-likeness (QED) is 0.520. The predicted molar refractivity (Wildman–Crippen MR) is 78.7 cm³/mol. The van der Waals surface area contributed by atoms with Crippen LogP contribution in [0.4, 0.5) is 0 Å². The maximum absolute atomic E-state index is 11.5. The van der Waals surface area contributed by atoms with E-state index in [2.05, 4.69) is 13.8 Å². The summed E-state index contributed by atoms with van der Waals surface area (Å²) in [7, 11) is 0. The van der Waals surface area contributed by atoms with Crippen LogP contribution in [0.3, 0.4) is 0 Å². The van der Waals surface area contributed by atoms with Crippen LogP contribution in [-0.2, 0) is 0 Å². The molecule has 1 unspecified atom stereocenters. The average Bonchev–Trinajstić information content (AvgIpc) is 2.43. The molecule has 0 bridgehead atoms. The lowest BCUT2D eigenvalue weighted by atomic mass is 9.85. The summed E-state index contributed by atoms with van der Waals surface area (Å²) in [5.41, 5.74) is -0.733. The molecular weight excluding hydrogens is 240 g/mol. The molecule has 0 saturated carbocycles. The summed E-state index contributed by atoms with van der Waals surface area (Å²) in [6.45, 7) is 4.30. The topological polar surface area (TPSA) is 54.4 Å². The van der Waals surface area contributed by atoms with Crippen LogP contribution in [0.5, 0.6) is 5.75 Å². The SMILES string of the molecule is CCCCCCCC(CCCC)c1c(O)c(=O)c1=O. The van der Waals surface area contributed by atoms with Crippen LogP contribution in [-0.4, -0.2) is 5.11 Å². The third-order valence-corrected chi connectivity index (χ3v) is 3.89. The zero-order valence-corrected chi connectivity index (χ0v) is 12.2. The van der Waals surface area contributed by atoms with Crippen LogP contribution in [0.25, 0.3) is 0 Å². The van der Waals surface area contributed by atoms with Gasteiger partial charge in [0.25, 0.3) is 5.43 Å². The van der Waals surface area contributed by atoms with Crippen molar-refractivity contribution in [1.29, 1.82) is 0 Å². The number of hydrogen-bond acceptors (Lipinski definition) is 3. The van der Waals surface area contributed by atoms with E-state index in [1.807, 2.05) is 0 Å². The van der Waals surface area contributed by atoms with Gasteiger partial charge in [0.1, 0.15) is 0 Å². The Morgan fingerprint density at radius 3 is 2.00 bits per heavy atom. The van der Waals surface area contributed by atoms with Crippen molar-refractivity contribution in [2.24, 2.45) is 0 Å². The molecule has 1 N–H and O–H groups in total. The van der Waals surface area contributed by atoms with E-state index >= 15 is 0 Å². The van der Waals surface area contributed by atoms with Crippen LogP contribution in [0.15, 0.2) is 9.59 Å². The fourth-order valence-electron chi connectivity index (χ4n) is 2.65. The lowest BCUT2D eigenvalue weighted by Gasteiger charge is -2.18. The van der Waals surface area contributed by atoms with Crippen LogP contribution in [0, 0.1) is 0 Å². The smallest absolute Gasteiger partial charge is 0.267 e. The first-order valence-corrected chi connectivity index (χ1v) is 7.65. The Morgan fingerprint density at radius 1 is 0.842 bits per heavy atom. The lowest BCUT2D eigenvalue weighted by Crippen LogP contribution is -2.36. The van der Waals surface area contributed by atoms with Gasteiger partial charge < -0.3 is 5.11 Å². The molecule has 1 aromatic carbocycles. The van der Waals surface area contributed by atoms with Crippen LogP contribution in [0.2, 0.25) is 0 Å². The zero-order chi connectivity index (χ0) is 14.3. The Kier molecular flexibility index (Phi) is 6.82. The fraction of sp³-hybridized carbons (Fsp3) is 0.750. The Balaban J connectivity index is 2.53. The average molecular weight is 266 g/mol. The van der Waals surface area contributed by atoms with Gasteiger partial charge in [0.15, 0.2) is 5.75 Å². The monoisotopic (exact) mass is 266 g/mol. The van der Waals surface area contributed by atoms with Gasteiger partial charge in [-0.05, 0) is 18.8 Å². The highest BCUT2D eigenvalue weighted by Crippen LogP contribution is 2.30. The van der Waals surface area contributed by atoms with Crippen molar-refractivity contribution in [3.63, 3.8) is 0 Å². The largest absolute Gasteiger partial charge is 0.504 e. The van der Waals surface area contributed by atoms with E-state index < -0.39 is 10.9 Å². The van der Waals surface area contributed by atoms with E-state index in [0.717, 1.165) is 32.1 Å². The molecule has 0 fully saturated rings. The molecule has 3 nitrogen and oxygen atoms in total. The third-order valence-electron chi connectivity index (χ3n) is 3.89. The predicted octanol–water partition coefficient (Wildman–Crippen LogP) is 3.62. The molecule has 0 aromatic heterocycles. The van der Waals surface area contributed by atoms with Gasteiger partial charge >= 0.3 is 0 Å². The van der Waals surface area contributed by atoms with E-state index in [9.17, 15) is 14.7 Å². The highest BCUT2D eigenvalue weighted by Gasteiger charge is 2.26. The highest BCUT2D eigenvalue weighted by atomic mass is 16.3. The van der Waals surface area contributed by atoms with E-state index in [-0.39, 0.29) is 11.7 Å². The van der Waals surface area contributed by atoms with Crippen molar-refractivity contribution in [2.75, 3.05) is 0 Å². The normalized spacial score (nSPS) is 12.9. The Morgan fingerprint density at radius 2 is 1.42 bits per heavy atom. The van der Waals surface area contributed by atoms with E-state index in [0.29, 0.717) is 5.56 Å². The summed E-state index contributed by atoms with van der Waals surface area (Å²) < 4.78 is 0. The van der Waals surface area contributed by atoms with Crippen LogP contribution < -0.4 is 10.9 Å². The molecule has 19 heavy (non-hydrogen) atoms. The van der Waals surface area contributed by atoms with Gasteiger partial charge in [0.05, 0.1) is 5.56 Å². The molecule has 0 radical (unpaired) electrons. The number of aromatic hydroxyl groups is 1. The van der Waals surface area contributed by atoms with Gasteiger partial charge in [-0.15, -0.1) is 0 Å². The van der Waals surface area contributed by atoms with Crippen molar-refractivity contribution in [1.82, 2.24) is 0 Å². The van der Waals surface area contributed by atoms with E-state index in [1.54, 1.807) is 0 Å². The maximum atomic E-state index is 11.5. The molecule has 1 atom stereocenters. The summed E-state index contributed by atoms with van der Waals surface area (Å²) in [6, 6.07) is 0. The Labute approximate surface area is 115 Å². The zero-order valence-electron chi connectivity index (χ0n) is 12.2. The van der Waals surface area contributed by atoms with Gasteiger partial charge in [-0.2, -0.15) is 0 Å². The lowest BCUT2D eigenvalue weighted by molar-refractivity contribution is 0.426. The summed E-state index contributed by atoms with van der Waals surface area (Å²) in [6.07, 6.45) is 9.89. The molecule has 1 rings (SSSR count). The number of unbranched alkanes of at least 4 members (excludes halogenated alkanes) is 5. The number of hydrogen-bond donors (Lipinski definition) is 1. The van der Waals surface area contributed by atoms with Gasteiger partial charge in [-0.25, -0.2) is 0 Å². The first kappa shape index (κ1) is 15.9. The summed E-state index contributed by atoms with van der Waals surface area (Å²) in [4.78, 5) is 22.7. The second kappa shape index (κ2) is 8.13. The molecule has 0 spiro atoms. The minimum atomic E-state index is -0.692. The van der Waals surface area contributed by atoms with Gasteiger partial charge in [0.2, 0.25) is 5.43 Å². The van der Waals surface area contributed by atoms with Gasteiger partial charge in [0, 0.05) is 0 Å². The van der Waals surface area contributed by atoms with Crippen molar-refractivity contribution < 1.29 is 5.11 Å². The Hall–Kier alpha value is -1.12. The summed E-state index contributed by atoms with van der Waals surface area (Å²) in [5, 5.41) is 9.57.